The molecule has 0 amide bonds. The number of allylic oxidation sites excluding steroid dienone is 1. The summed E-state index contributed by atoms with van der Waals surface area (Å²) in [5.41, 5.74) is 0. The molecule has 25 heavy (non-hydrogen) atoms. The number of quaternary nitrogens is 1. The molecular weight excluding hydrogens is 314 g/mol. The van der Waals surface area contributed by atoms with Crippen molar-refractivity contribution in [3.05, 3.63) is 12.7 Å². The minimum absolute atomic E-state index is 0.252. The molecule has 2 N–H and O–H groups in total. The van der Waals surface area contributed by atoms with Crippen molar-refractivity contribution in [1.29, 1.82) is 0 Å². The smallest absolute Gasteiger partial charge is 0.303 e. The molecule has 0 saturated heterocycles. The summed E-state index contributed by atoms with van der Waals surface area (Å²) < 4.78 is 0.962. The van der Waals surface area contributed by atoms with E-state index in [4.69, 9.17) is 5.11 Å². The lowest BCUT2D eigenvalue weighted by Gasteiger charge is -2.40. The number of aliphatic hydroxyl groups is 1. The second-order valence-electron chi connectivity index (χ2n) is 7.48. The van der Waals surface area contributed by atoms with E-state index < -0.39 is 5.97 Å². The number of hydrogen-bond acceptors (Lipinski definition) is 2. The first-order chi connectivity index (χ1) is 12.0. The van der Waals surface area contributed by atoms with Gasteiger partial charge < -0.3 is 14.7 Å². The molecule has 148 valence electrons. The number of hydrogen-bond donors (Lipinski definition) is 2. The molecule has 0 aliphatic rings. The third-order valence-electron chi connectivity index (χ3n) is 5.04. The van der Waals surface area contributed by atoms with Gasteiger partial charge in [0, 0.05) is 6.42 Å². The van der Waals surface area contributed by atoms with Gasteiger partial charge in [-0.1, -0.05) is 39.2 Å². The predicted molar refractivity (Wildman–Crippen MR) is 106 cm³/mol. The number of rotatable bonds is 18. The van der Waals surface area contributed by atoms with Gasteiger partial charge in [0.25, 0.3) is 0 Å². The van der Waals surface area contributed by atoms with Gasteiger partial charge in [-0.3, -0.25) is 4.79 Å². The fourth-order valence-electron chi connectivity index (χ4n) is 3.53. The molecule has 0 fully saturated rings. The molecule has 4 nitrogen and oxygen atoms in total. The second-order valence-corrected chi connectivity index (χ2v) is 7.48. The molecule has 0 heterocycles. The molecule has 0 aromatic rings. The van der Waals surface area contributed by atoms with Gasteiger partial charge >= 0.3 is 5.97 Å². The maximum Gasteiger partial charge on any atom is 0.303 e. The molecule has 1 atom stereocenters. The number of unbranched alkanes of at least 4 members (excludes halogenated alkanes) is 5. The first kappa shape index (κ1) is 24.1. The molecule has 0 spiro atoms. The van der Waals surface area contributed by atoms with Crippen molar-refractivity contribution in [3.63, 3.8) is 0 Å². The maximum atomic E-state index is 10.8. The Hall–Kier alpha value is -0.870. The van der Waals surface area contributed by atoms with E-state index in [1.807, 2.05) is 6.08 Å². The quantitative estimate of drug-likeness (QED) is 0.211. The summed E-state index contributed by atoms with van der Waals surface area (Å²) >= 11 is 0. The van der Waals surface area contributed by atoms with Crippen molar-refractivity contribution in [2.45, 2.75) is 90.6 Å². The van der Waals surface area contributed by atoms with Gasteiger partial charge in [-0.15, -0.1) is 6.58 Å². The second kappa shape index (κ2) is 15.4. The SMILES string of the molecule is C=CCCCCC(O)C[N+](CCCC)(CCCC)CCCCC(=O)O. The van der Waals surface area contributed by atoms with Crippen molar-refractivity contribution in [1.82, 2.24) is 0 Å². The van der Waals surface area contributed by atoms with Crippen LogP contribution in [0.2, 0.25) is 0 Å². The number of carboxylic acids is 1. The molecule has 0 saturated carbocycles. The Bertz CT molecular complexity index is 336. The fraction of sp³-hybridized carbons (Fsp3) is 0.857. The first-order valence-electron chi connectivity index (χ1n) is 10.4. The number of nitrogens with zero attached hydrogens (tertiary/aromatic N) is 1. The van der Waals surface area contributed by atoms with Crippen molar-refractivity contribution in [2.24, 2.45) is 0 Å². The lowest BCUT2D eigenvalue weighted by Crippen LogP contribution is -2.54. The fourth-order valence-corrected chi connectivity index (χ4v) is 3.53. The first-order valence-corrected chi connectivity index (χ1v) is 10.4. The van der Waals surface area contributed by atoms with Crippen molar-refractivity contribution < 1.29 is 19.5 Å². The van der Waals surface area contributed by atoms with E-state index in [-0.39, 0.29) is 12.5 Å². The summed E-state index contributed by atoms with van der Waals surface area (Å²) in [5, 5.41) is 19.5. The molecule has 0 radical (unpaired) electrons. The van der Waals surface area contributed by atoms with Crippen LogP contribution in [0.3, 0.4) is 0 Å². The highest BCUT2D eigenvalue weighted by Crippen LogP contribution is 2.18. The number of aliphatic carboxylic acids is 1. The number of aliphatic hydroxyl groups excluding tert-OH is 1. The van der Waals surface area contributed by atoms with Crippen LogP contribution in [0, 0.1) is 0 Å². The highest BCUT2D eigenvalue weighted by Gasteiger charge is 2.29. The molecule has 0 aliphatic carbocycles. The van der Waals surface area contributed by atoms with E-state index in [1.165, 1.54) is 12.8 Å². The van der Waals surface area contributed by atoms with Crippen LogP contribution >= 0.6 is 0 Å². The predicted octanol–water partition coefficient (Wildman–Crippen LogP) is 4.77. The Morgan fingerprint density at radius 2 is 1.60 bits per heavy atom. The van der Waals surface area contributed by atoms with E-state index in [9.17, 15) is 9.90 Å². The summed E-state index contributed by atoms with van der Waals surface area (Å²) in [6.45, 7) is 12.2. The monoisotopic (exact) mass is 356 g/mol. The Morgan fingerprint density at radius 3 is 2.12 bits per heavy atom. The van der Waals surface area contributed by atoms with E-state index in [0.29, 0.717) is 0 Å². The molecular formula is C21H42NO3+. The Balaban J connectivity index is 4.71. The minimum atomic E-state index is -0.706. The summed E-state index contributed by atoms with van der Waals surface area (Å²) in [4.78, 5) is 10.8. The van der Waals surface area contributed by atoms with Gasteiger partial charge in [0.2, 0.25) is 0 Å². The van der Waals surface area contributed by atoms with Crippen molar-refractivity contribution >= 4 is 5.97 Å². The third-order valence-corrected chi connectivity index (χ3v) is 5.04. The molecule has 4 heteroatoms. The van der Waals surface area contributed by atoms with E-state index in [0.717, 1.165) is 82.0 Å². The Labute approximate surface area is 155 Å². The van der Waals surface area contributed by atoms with Crippen LogP contribution < -0.4 is 0 Å². The molecule has 1 unspecified atom stereocenters. The van der Waals surface area contributed by atoms with Gasteiger partial charge in [0.05, 0.1) is 19.6 Å². The lowest BCUT2D eigenvalue weighted by molar-refractivity contribution is -0.931. The Kier molecular flexibility index (Phi) is 14.9. The molecule has 0 aliphatic heterocycles. The average molecular weight is 357 g/mol. The van der Waals surface area contributed by atoms with Crippen LogP contribution in [0.4, 0.5) is 0 Å². The van der Waals surface area contributed by atoms with E-state index in [2.05, 4.69) is 20.4 Å². The Morgan fingerprint density at radius 1 is 1.00 bits per heavy atom. The minimum Gasteiger partial charge on any atom is -0.481 e. The summed E-state index contributed by atoms with van der Waals surface area (Å²) in [6.07, 6.45) is 12.3. The van der Waals surface area contributed by atoms with Crippen LogP contribution in [0.25, 0.3) is 0 Å². The summed E-state index contributed by atoms with van der Waals surface area (Å²) in [6, 6.07) is 0. The zero-order valence-corrected chi connectivity index (χ0v) is 16.7. The maximum absolute atomic E-state index is 10.8. The summed E-state index contributed by atoms with van der Waals surface area (Å²) in [7, 11) is 0. The van der Waals surface area contributed by atoms with Gasteiger partial charge in [-0.05, 0) is 44.9 Å². The largest absolute Gasteiger partial charge is 0.481 e. The van der Waals surface area contributed by atoms with Crippen molar-refractivity contribution in [2.75, 3.05) is 26.2 Å². The van der Waals surface area contributed by atoms with Crippen LogP contribution in [-0.4, -0.2) is 52.9 Å². The molecule has 0 bridgehead atoms. The number of carboxylic acid groups (broad SMARTS) is 1. The molecule has 0 aromatic heterocycles. The molecule has 0 rings (SSSR count). The molecule has 0 aromatic carbocycles. The van der Waals surface area contributed by atoms with Crippen molar-refractivity contribution in [3.8, 4) is 0 Å². The highest BCUT2D eigenvalue weighted by molar-refractivity contribution is 5.66. The highest BCUT2D eigenvalue weighted by atomic mass is 16.4. The van der Waals surface area contributed by atoms with Crippen LogP contribution in [0.5, 0.6) is 0 Å². The van der Waals surface area contributed by atoms with Gasteiger partial charge in [-0.25, -0.2) is 0 Å². The third kappa shape index (κ3) is 13.1. The zero-order valence-electron chi connectivity index (χ0n) is 16.7. The average Bonchev–Trinajstić information content (AvgIpc) is 2.58. The van der Waals surface area contributed by atoms with Crippen LogP contribution in [0.15, 0.2) is 12.7 Å². The van der Waals surface area contributed by atoms with E-state index >= 15 is 0 Å². The summed E-state index contributed by atoms with van der Waals surface area (Å²) in [5.74, 6) is -0.706. The van der Waals surface area contributed by atoms with Gasteiger partial charge in [-0.2, -0.15) is 0 Å². The lowest BCUT2D eigenvalue weighted by atomic mass is 10.1. The normalized spacial score (nSPS) is 12.9. The standard InChI is InChI=1S/C21H41NO3/c1-4-7-10-11-14-20(23)19-22(16-8-5-2,17-9-6-3)18-13-12-15-21(24)25/h4,20,23H,1,5-19H2,2-3H3/p+1. The van der Waals surface area contributed by atoms with Gasteiger partial charge in [0.15, 0.2) is 0 Å². The zero-order chi connectivity index (χ0) is 19.0. The van der Waals surface area contributed by atoms with E-state index in [1.54, 1.807) is 0 Å². The number of carbonyl (C=O) groups is 1. The van der Waals surface area contributed by atoms with Crippen LogP contribution in [-0.2, 0) is 4.79 Å². The van der Waals surface area contributed by atoms with Crippen LogP contribution in [0.1, 0.15) is 84.5 Å². The topological polar surface area (TPSA) is 57.5 Å². The van der Waals surface area contributed by atoms with Gasteiger partial charge in [0.1, 0.15) is 12.6 Å².